The molecule has 0 aliphatic carbocycles. The predicted molar refractivity (Wildman–Crippen MR) is 78.4 cm³/mol. The molecule has 106 valence electrons. The van der Waals surface area contributed by atoms with Crippen molar-refractivity contribution >= 4 is 16.8 Å². The number of carbonyl (C=O) groups is 1. The van der Waals surface area contributed by atoms with E-state index in [0.29, 0.717) is 17.5 Å². The molecule has 2 saturated heterocycles. The number of hydrogen-bond donors (Lipinski definition) is 1. The molecule has 2 atom stereocenters. The summed E-state index contributed by atoms with van der Waals surface area (Å²) in [5.74, 6) is 1.21. The Bertz CT molecular complexity index is 777. The van der Waals surface area contributed by atoms with E-state index in [-0.39, 0.29) is 5.91 Å². The highest BCUT2D eigenvalue weighted by Crippen LogP contribution is 2.44. The van der Waals surface area contributed by atoms with Crippen LogP contribution >= 0.6 is 0 Å². The van der Waals surface area contributed by atoms with Crippen LogP contribution in [0.25, 0.3) is 10.9 Å². The molecule has 1 aromatic heterocycles. The van der Waals surface area contributed by atoms with Crippen molar-refractivity contribution in [3.05, 3.63) is 41.9 Å². The second-order valence-electron chi connectivity index (χ2n) is 6.24. The number of aromatic nitrogens is 2. The minimum atomic E-state index is 0.0370. The third-order valence-corrected chi connectivity index (χ3v) is 5.11. The zero-order chi connectivity index (χ0) is 14.0. The summed E-state index contributed by atoms with van der Waals surface area (Å²) in [5.41, 5.74) is 2.67. The van der Waals surface area contributed by atoms with Crippen molar-refractivity contribution in [1.29, 1.82) is 0 Å². The number of nitrogens with zero attached hydrogens (tertiary/aromatic N) is 3. The maximum absolute atomic E-state index is 12.9. The van der Waals surface area contributed by atoms with Gasteiger partial charge in [0.05, 0.1) is 5.52 Å². The molecule has 1 amide bonds. The van der Waals surface area contributed by atoms with Crippen molar-refractivity contribution in [2.24, 2.45) is 11.8 Å². The zero-order valence-corrected chi connectivity index (χ0v) is 11.6. The Balaban J connectivity index is 1.57. The van der Waals surface area contributed by atoms with Crippen LogP contribution in [0.4, 0.5) is 0 Å². The lowest BCUT2D eigenvalue weighted by Gasteiger charge is -2.39. The van der Waals surface area contributed by atoms with Crippen LogP contribution in [-0.4, -0.2) is 45.5 Å². The van der Waals surface area contributed by atoms with E-state index in [2.05, 4.69) is 21.3 Å². The van der Waals surface area contributed by atoms with Gasteiger partial charge in [-0.25, -0.2) is 0 Å². The van der Waals surface area contributed by atoms with Crippen molar-refractivity contribution in [2.45, 2.75) is 6.42 Å². The molecule has 21 heavy (non-hydrogen) atoms. The number of hydrogen-bond acceptors (Lipinski definition) is 3. The summed E-state index contributed by atoms with van der Waals surface area (Å²) in [6.07, 6.45) is 3.37. The molecule has 4 bridgehead atoms. The number of benzene rings is 1. The first kappa shape index (κ1) is 11.4. The van der Waals surface area contributed by atoms with Crippen LogP contribution in [0.1, 0.15) is 16.9 Å². The van der Waals surface area contributed by atoms with Gasteiger partial charge < -0.3 is 9.80 Å². The quantitative estimate of drug-likeness (QED) is 0.867. The highest BCUT2D eigenvalue weighted by molar-refractivity contribution is 6.05. The molecule has 5 heteroatoms. The van der Waals surface area contributed by atoms with E-state index in [1.165, 1.54) is 12.1 Å². The van der Waals surface area contributed by atoms with E-state index in [1.54, 1.807) is 0 Å². The van der Waals surface area contributed by atoms with Gasteiger partial charge >= 0.3 is 0 Å². The summed E-state index contributed by atoms with van der Waals surface area (Å²) in [7, 11) is 0. The fourth-order valence-electron chi connectivity index (χ4n) is 4.10. The van der Waals surface area contributed by atoms with E-state index in [1.807, 2.05) is 29.2 Å². The van der Waals surface area contributed by atoms with E-state index in [4.69, 9.17) is 0 Å². The van der Waals surface area contributed by atoms with Crippen molar-refractivity contribution in [3.8, 4) is 0 Å². The number of fused-ring (bicyclic) bond motifs is 2. The standard InChI is InChI=1S/C16H16N4O/c21-16(15-12-3-1-2-4-13(12)17-18-15)20-8-10-7-19-6-5-11(10)14(20)9-19/h1-4,9-11H,5-8H2,(H,17,18)/t10-,11-/m1/s1. The lowest BCUT2D eigenvalue weighted by Crippen LogP contribution is -2.40. The number of para-hydroxylation sites is 1. The van der Waals surface area contributed by atoms with E-state index in [9.17, 15) is 4.79 Å². The highest BCUT2D eigenvalue weighted by atomic mass is 16.2. The highest BCUT2D eigenvalue weighted by Gasteiger charge is 2.46. The minimum absolute atomic E-state index is 0.0370. The average molecular weight is 280 g/mol. The van der Waals surface area contributed by atoms with Gasteiger partial charge in [-0.3, -0.25) is 9.89 Å². The Morgan fingerprint density at radius 2 is 2.19 bits per heavy atom. The molecule has 4 aliphatic heterocycles. The number of piperidine rings is 1. The summed E-state index contributed by atoms with van der Waals surface area (Å²) >= 11 is 0. The molecule has 0 unspecified atom stereocenters. The third-order valence-electron chi connectivity index (χ3n) is 5.11. The molecule has 2 fully saturated rings. The normalized spacial score (nSPS) is 26.6. The Labute approximate surface area is 122 Å². The number of aromatic amines is 1. The zero-order valence-electron chi connectivity index (χ0n) is 11.6. The van der Waals surface area contributed by atoms with Crippen molar-refractivity contribution in [2.75, 3.05) is 19.6 Å². The second-order valence-corrected chi connectivity index (χ2v) is 6.24. The number of H-pyrrole nitrogens is 1. The fourth-order valence-corrected chi connectivity index (χ4v) is 4.10. The molecule has 5 nitrogen and oxygen atoms in total. The first-order valence-electron chi connectivity index (χ1n) is 7.52. The van der Waals surface area contributed by atoms with Crippen LogP contribution in [0.2, 0.25) is 0 Å². The summed E-state index contributed by atoms with van der Waals surface area (Å²) in [6.45, 7) is 3.07. The molecule has 6 rings (SSSR count). The SMILES string of the molecule is O=C(c1n[nH]c2ccccc12)N1C[C@H]2CN3C=C1[C@@H]2CC3. The first-order chi connectivity index (χ1) is 10.3. The molecule has 2 aromatic rings. The second kappa shape index (κ2) is 3.87. The van der Waals surface area contributed by atoms with Crippen LogP contribution in [0.3, 0.4) is 0 Å². The average Bonchev–Trinajstić information content (AvgIpc) is 3.06. The lowest BCUT2D eigenvalue weighted by molar-refractivity contribution is 0.0816. The van der Waals surface area contributed by atoms with Gasteiger partial charge in [-0.1, -0.05) is 18.2 Å². The predicted octanol–water partition coefficient (Wildman–Crippen LogP) is 1.81. The van der Waals surface area contributed by atoms with Crippen molar-refractivity contribution < 1.29 is 4.79 Å². The smallest absolute Gasteiger partial charge is 0.279 e. The molecule has 5 heterocycles. The molecule has 0 saturated carbocycles. The number of allylic oxidation sites excluding steroid dienone is 1. The molecule has 1 N–H and O–H groups in total. The largest absolute Gasteiger partial charge is 0.376 e. The number of carbonyl (C=O) groups excluding carboxylic acids is 1. The monoisotopic (exact) mass is 280 g/mol. The van der Waals surface area contributed by atoms with Gasteiger partial charge in [0.25, 0.3) is 5.91 Å². The van der Waals surface area contributed by atoms with Gasteiger partial charge in [0.2, 0.25) is 0 Å². The number of amides is 1. The minimum Gasteiger partial charge on any atom is -0.376 e. The molecular weight excluding hydrogens is 264 g/mol. The van der Waals surface area contributed by atoms with Crippen LogP contribution in [0.15, 0.2) is 36.2 Å². The topological polar surface area (TPSA) is 52.2 Å². The van der Waals surface area contributed by atoms with Gasteiger partial charge in [0, 0.05) is 48.8 Å². The van der Waals surface area contributed by atoms with Gasteiger partial charge in [-0.15, -0.1) is 0 Å². The fraction of sp³-hybridized carbons (Fsp3) is 0.375. The maximum Gasteiger partial charge on any atom is 0.279 e. The summed E-state index contributed by atoms with van der Waals surface area (Å²) < 4.78 is 0. The van der Waals surface area contributed by atoms with Crippen LogP contribution < -0.4 is 0 Å². The summed E-state index contributed by atoms with van der Waals surface area (Å²) in [4.78, 5) is 17.2. The van der Waals surface area contributed by atoms with Gasteiger partial charge in [-0.2, -0.15) is 5.10 Å². The molecule has 0 radical (unpaired) electrons. The summed E-state index contributed by atoms with van der Waals surface area (Å²) in [5, 5.41) is 8.13. The maximum atomic E-state index is 12.9. The molecule has 1 aromatic carbocycles. The Morgan fingerprint density at radius 1 is 1.29 bits per heavy atom. The van der Waals surface area contributed by atoms with Gasteiger partial charge in [0.15, 0.2) is 5.69 Å². The van der Waals surface area contributed by atoms with Crippen molar-refractivity contribution in [1.82, 2.24) is 20.0 Å². The van der Waals surface area contributed by atoms with Gasteiger partial charge in [-0.05, 0) is 12.5 Å². The Morgan fingerprint density at radius 3 is 3.05 bits per heavy atom. The third kappa shape index (κ3) is 1.46. The molecule has 0 spiro atoms. The Kier molecular flexibility index (Phi) is 2.10. The van der Waals surface area contributed by atoms with E-state index < -0.39 is 0 Å². The number of rotatable bonds is 1. The lowest BCUT2D eigenvalue weighted by atomic mass is 9.84. The van der Waals surface area contributed by atoms with Crippen molar-refractivity contribution in [3.63, 3.8) is 0 Å². The van der Waals surface area contributed by atoms with E-state index in [0.717, 1.165) is 30.5 Å². The number of likely N-dealkylation sites (tertiary alicyclic amines) is 1. The van der Waals surface area contributed by atoms with Gasteiger partial charge in [0.1, 0.15) is 0 Å². The molecular formula is C16H16N4O. The Hall–Kier alpha value is -2.30. The van der Waals surface area contributed by atoms with Crippen LogP contribution in [-0.2, 0) is 0 Å². The summed E-state index contributed by atoms with van der Waals surface area (Å²) in [6, 6.07) is 7.81. The number of nitrogens with one attached hydrogen (secondary N) is 1. The van der Waals surface area contributed by atoms with E-state index >= 15 is 0 Å². The van der Waals surface area contributed by atoms with Crippen LogP contribution in [0.5, 0.6) is 0 Å². The first-order valence-corrected chi connectivity index (χ1v) is 7.52. The van der Waals surface area contributed by atoms with Crippen LogP contribution in [0, 0.1) is 11.8 Å². The molecule has 4 aliphatic rings.